The number of nitrogens with zero attached hydrogens (tertiary/aromatic N) is 1. The fourth-order valence-electron chi connectivity index (χ4n) is 3.15. The molecule has 0 saturated carbocycles. The summed E-state index contributed by atoms with van der Waals surface area (Å²) in [4.78, 5) is 4.37. The highest BCUT2D eigenvalue weighted by molar-refractivity contribution is 8.02. The molecule has 1 unspecified atom stereocenters. The zero-order valence-electron chi connectivity index (χ0n) is 15.7. The van der Waals surface area contributed by atoms with Crippen molar-refractivity contribution in [3.8, 4) is 0 Å². The zero-order chi connectivity index (χ0) is 20.1. The highest BCUT2D eigenvalue weighted by Crippen LogP contribution is 2.36. The Morgan fingerprint density at radius 1 is 0.966 bits per heavy atom. The van der Waals surface area contributed by atoms with Gasteiger partial charge in [-0.15, -0.1) is 11.8 Å². The van der Waals surface area contributed by atoms with Crippen LogP contribution in [-0.2, 0) is 22.9 Å². The summed E-state index contributed by atoms with van der Waals surface area (Å²) in [6.07, 6.45) is 3.34. The van der Waals surface area contributed by atoms with E-state index in [1.807, 2.05) is 41.9 Å². The molecule has 2 N–H and O–H groups in total. The molecule has 2 heterocycles. The topological polar surface area (TPSA) is 71.1 Å². The molecule has 1 aliphatic heterocycles. The number of thioether (sulfide) groups is 1. The average molecular weight is 424 g/mol. The molecule has 1 aromatic heterocycles. The Kier molecular flexibility index (Phi) is 5.99. The van der Waals surface area contributed by atoms with Crippen molar-refractivity contribution in [2.24, 2.45) is 0 Å². The molecule has 1 atom stereocenters. The maximum Gasteiger partial charge on any atom is 0.224 e. The fourth-order valence-corrected chi connectivity index (χ4v) is 5.53. The summed E-state index contributed by atoms with van der Waals surface area (Å²) in [5, 5.41) is 8.44. The van der Waals surface area contributed by atoms with E-state index < -0.39 is 9.84 Å². The van der Waals surface area contributed by atoms with Crippen molar-refractivity contribution in [3.05, 3.63) is 101 Å². The maximum atomic E-state index is 13.3. The predicted octanol–water partition coefficient (Wildman–Crippen LogP) is 4.01. The minimum atomic E-state index is -3.73. The van der Waals surface area contributed by atoms with Gasteiger partial charge in [-0.2, -0.15) is 0 Å². The van der Waals surface area contributed by atoms with Gasteiger partial charge in [0.1, 0.15) is 5.37 Å². The third-order valence-corrected chi connectivity index (χ3v) is 7.27. The Morgan fingerprint density at radius 3 is 2.48 bits per heavy atom. The molecular formula is C22H21N3O2S2. The lowest BCUT2D eigenvalue weighted by atomic mass is 10.1. The molecule has 0 bridgehead atoms. The molecule has 0 aliphatic carbocycles. The summed E-state index contributed by atoms with van der Waals surface area (Å²) in [5.41, 5.74) is 2.83. The Hall–Kier alpha value is -2.61. The molecule has 148 valence electrons. The highest BCUT2D eigenvalue weighted by atomic mass is 32.2. The monoisotopic (exact) mass is 423 g/mol. The van der Waals surface area contributed by atoms with Crippen LogP contribution in [0.4, 0.5) is 0 Å². The van der Waals surface area contributed by atoms with Gasteiger partial charge in [-0.25, -0.2) is 13.4 Å². The number of aromatic nitrogens is 1. The van der Waals surface area contributed by atoms with Crippen molar-refractivity contribution in [2.45, 2.75) is 28.4 Å². The van der Waals surface area contributed by atoms with Gasteiger partial charge in [-0.1, -0.05) is 48.5 Å². The van der Waals surface area contributed by atoms with Gasteiger partial charge in [-0.3, -0.25) is 0 Å². The van der Waals surface area contributed by atoms with Gasteiger partial charge >= 0.3 is 0 Å². The lowest BCUT2D eigenvalue weighted by Crippen LogP contribution is -2.16. The molecule has 29 heavy (non-hydrogen) atoms. The molecule has 0 saturated heterocycles. The Morgan fingerprint density at radius 2 is 1.76 bits per heavy atom. The average Bonchev–Trinajstić information content (AvgIpc) is 3.30. The van der Waals surface area contributed by atoms with Gasteiger partial charge in [0.25, 0.3) is 0 Å². The van der Waals surface area contributed by atoms with Crippen LogP contribution >= 0.6 is 11.8 Å². The summed E-state index contributed by atoms with van der Waals surface area (Å²) in [5.74, 6) is 0. The Labute approximate surface area is 175 Å². The van der Waals surface area contributed by atoms with Crippen LogP contribution in [0.3, 0.4) is 0 Å². The van der Waals surface area contributed by atoms with Crippen molar-refractivity contribution in [1.82, 2.24) is 15.6 Å². The van der Waals surface area contributed by atoms with Crippen molar-refractivity contribution < 1.29 is 8.42 Å². The number of nitrogens with one attached hydrogen (secondary N) is 2. The second-order valence-corrected chi connectivity index (χ2v) is 9.50. The summed E-state index contributed by atoms with van der Waals surface area (Å²) >= 11 is 1.55. The first-order valence-corrected chi connectivity index (χ1v) is 11.7. The number of rotatable bonds is 7. The van der Waals surface area contributed by atoms with Gasteiger partial charge in [0.2, 0.25) is 9.84 Å². The highest BCUT2D eigenvalue weighted by Gasteiger charge is 2.27. The van der Waals surface area contributed by atoms with Gasteiger partial charge in [0.05, 0.1) is 4.90 Å². The summed E-state index contributed by atoms with van der Waals surface area (Å²) in [7, 11) is -3.73. The van der Waals surface area contributed by atoms with Crippen LogP contribution in [0, 0.1) is 0 Å². The summed E-state index contributed by atoms with van der Waals surface area (Å²) < 4.78 is 26.6. The number of pyridine rings is 1. The lowest BCUT2D eigenvalue weighted by molar-refractivity contribution is 0.590. The quantitative estimate of drug-likeness (QED) is 0.598. The molecular weight excluding hydrogens is 402 g/mol. The summed E-state index contributed by atoms with van der Waals surface area (Å²) in [6.45, 7) is 1.29. The van der Waals surface area contributed by atoms with Gasteiger partial charge in [0.15, 0.2) is 5.03 Å². The van der Waals surface area contributed by atoms with E-state index in [1.165, 1.54) is 17.8 Å². The van der Waals surface area contributed by atoms with E-state index in [2.05, 4.69) is 27.8 Å². The minimum Gasteiger partial charge on any atom is -0.375 e. The van der Waals surface area contributed by atoms with E-state index in [-0.39, 0.29) is 10.4 Å². The van der Waals surface area contributed by atoms with Gasteiger partial charge in [-0.05, 0) is 34.7 Å². The van der Waals surface area contributed by atoms with E-state index in [1.54, 1.807) is 30.0 Å². The van der Waals surface area contributed by atoms with E-state index in [4.69, 9.17) is 0 Å². The third-order valence-electron chi connectivity index (χ3n) is 4.59. The first-order chi connectivity index (χ1) is 14.1. The second-order valence-electron chi connectivity index (χ2n) is 6.62. The van der Waals surface area contributed by atoms with Crippen molar-refractivity contribution >= 4 is 21.6 Å². The molecule has 3 aromatic rings. The zero-order valence-corrected chi connectivity index (χ0v) is 17.3. The van der Waals surface area contributed by atoms with Crippen LogP contribution in [0.5, 0.6) is 0 Å². The van der Waals surface area contributed by atoms with Crippen LogP contribution < -0.4 is 10.6 Å². The third kappa shape index (κ3) is 4.53. The fraction of sp³-hybridized carbons (Fsp3) is 0.136. The molecule has 5 nitrogen and oxygen atoms in total. The van der Waals surface area contributed by atoms with Crippen LogP contribution in [0.2, 0.25) is 0 Å². The van der Waals surface area contributed by atoms with Crippen LogP contribution in [0.25, 0.3) is 0 Å². The molecule has 1 aliphatic rings. The number of hydrogen-bond donors (Lipinski definition) is 2. The molecule has 0 spiro atoms. The number of sulfone groups is 1. The molecule has 0 radical (unpaired) electrons. The van der Waals surface area contributed by atoms with E-state index in [0.717, 1.165) is 17.7 Å². The van der Waals surface area contributed by atoms with Crippen LogP contribution in [-0.4, -0.2) is 13.4 Å². The molecule has 0 amide bonds. The van der Waals surface area contributed by atoms with Gasteiger partial charge in [0, 0.05) is 31.0 Å². The van der Waals surface area contributed by atoms with E-state index >= 15 is 0 Å². The largest absolute Gasteiger partial charge is 0.375 e. The van der Waals surface area contributed by atoms with Crippen LogP contribution in [0.1, 0.15) is 22.1 Å². The van der Waals surface area contributed by atoms with E-state index in [0.29, 0.717) is 11.4 Å². The molecule has 7 heteroatoms. The maximum absolute atomic E-state index is 13.3. The molecule has 2 aromatic carbocycles. The number of benzene rings is 2. The van der Waals surface area contributed by atoms with Crippen LogP contribution in [0.15, 0.2) is 94.5 Å². The van der Waals surface area contributed by atoms with Gasteiger partial charge < -0.3 is 10.6 Å². The molecule has 0 fully saturated rings. The van der Waals surface area contributed by atoms with Crippen molar-refractivity contribution in [1.29, 1.82) is 0 Å². The summed E-state index contributed by atoms with van der Waals surface area (Å²) in [6, 6.07) is 20.7. The number of hydrogen-bond acceptors (Lipinski definition) is 6. The normalized spacial score (nSPS) is 15.9. The first kappa shape index (κ1) is 19.7. The predicted molar refractivity (Wildman–Crippen MR) is 116 cm³/mol. The SMILES string of the molecule is O=S(=O)(c1ccccn1)c1cc(CNCc2ccccc2)ccc1C1NC=CS1. The molecule has 4 rings (SSSR count). The van der Waals surface area contributed by atoms with Crippen molar-refractivity contribution in [3.63, 3.8) is 0 Å². The standard InChI is InChI=1S/C22H21N3O2S2/c26-29(27,21-8-4-5-11-24-21)20-14-18(9-10-19(20)22-25-12-13-28-22)16-23-15-17-6-2-1-3-7-17/h1-14,22-23,25H,15-16H2. The lowest BCUT2D eigenvalue weighted by Gasteiger charge is -2.17. The Bertz CT molecular complexity index is 1090. The van der Waals surface area contributed by atoms with E-state index in [9.17, 15) is 8.42 Å². The van der Waals surface area contributed by atoms with Crippen molar-refractivity contribution in [2.75, 3.05) is 0 Å². The minimum absolute atomic E-state index is 0.0617. The first-order valence-electron chi connectivity index (χ1n) is 9.25. The smallest absolute Gasteiger partial charge is 0.224 e. The second kappa shape index (κ2) is 8.82. The Balaban J connectivity index is 1.62.